The Bertz CT molecular complexity index is 1330. The van der Waals surface area contributed by atoms with Crippen molar-refractivity contribution in [2.24, 2.45) is 0 Å². The highest BCUT2D eigenvalue weighted by atomic mass is 32.2. The Balaban J connectivity index is 1.56. The van der Waals surface area contributed by atoms with Crippen LogP contribution in [0, 0.1) is 0 Å². The summed E-state index contributed by atoms with van der Waals surface area (Å²) >= 11 is 1.44. The molecular formula is C30H43N3O8S2. The van der Waals surface area contributed by atoms with Crippen LogP contribution in [-0.4, -0.2) is 80.4 Å². The largest absolute Gasteiger partial charge is 0.454 e. The van der Waals surface area contributed by atoms with Crippen LogP contribution in [0.4, 0.5) is 4.79 Å². The van der Waals surface area contributed by atoms with Crippen molar-refractivity contribution in [3.05, 3.63) is 54.1 Å². The minimum Gasteiger partial charge on any atom is -0.454 e. The van der Waals surface area contributed by atoms with Gasteiger partial charge < -0.3 is 35.3 Å². The number of alkyl carbamates (subject to hydrolysis) is 1. The second-order valence-electron chi connectivity index (χ2n) is 11.7. The van der Waals surface area contributed by atoms with Crippen molar-refractivity contribution in [1.29, 1.82) is 0 Å². The van der Waals surface area contributed by atoms with Crippen LogP contribution in [0.25, 0.3) is 0 Å². The fourth-order valence-electron chi connectivity index (χ4n) is 4.47. The van der Waals surface area contributed by atoms with E-state index in [9.17, 15) is 23.1 Å². The number of aliphatic hydroxyl groups is 1. The van der Waals surface area contributed by atoms with Crippen LogP contribution in [0.5, 0.6) is 11.5 Å². The topological polar surface area (TPSA) is 152 Å². The van der Waals surface area contributed by atoms with Crippen molar-refractivity contribution in [3.8, 4) is 11.5 Å². The molecular weight excluding hydrogens is 594 g/mol. The van der Waals surface area contributed by atoms with Crippen molar-refractivity contribution in [3.63, 3.8) is 0 Å². The quantitative estimate of drug-likeness (QED) is 0.214. The molecule has 3 rings (SSSR count). The Morgan fingerprint density at radius 2 is 1.77 bits per heavy atom. The lowest BCUT2D eigenvalue weighted by Gasteiger charge is -2.28. The maximum Gasteiger partial charge on any atom is 0.408 e. The van der Waals surface area contributed by atoms with Gasteiger partial charge >= 0.3 is 6.09 Å². The fourth-order valence-corrected chi connectivity index (χ4v) is 6.69. The van der Waals surface area contributed by atoms with E-state index in [-0.39, 0.29) is 30.2 Å². The summed E-state index contributed by atoms with van der Waals surface area (Å²) in [6.07, 6.45) is 2.39. The molecule has 0 spiro atoms. The third-order valence-corrected chi connectivity index (χ3v) is 9.09. The van der Waals surface area contributed by atoms with E-state index >= 15 is 0 Å². The van der Waals surface area contributed by atoms with E-state index in [0.29, 0.717) is 36.6 Å². The second kappa shape index (κ2) is 15.1. The highest BCUT2D eigenvalue weighted by Crippen LogP contribution is 2.34. The summed E-state index contributed by atoms with van der Waals surface area (Å²) in [6, 6.07) is 13.1. The number of carbonyl (C=O) groups excluding carboxylic acids is 2. The SMILES string of the molecule is CSC[C@@H](NC(=O)OC(C)(C)C)C(=O)NCCCC(NC[C@@](C)(O)CS(=O)(=O)c1ccc2c(c1)OCO2)c1ccccc1. The minimum absolute atomic E-state index is 0.0122. The first kappa shape index (κ1) is 34.5. The van der Waals surface area contributed by atoms with Crippen molar-refractivity contribution < 1.29 is 37.3 Å². The molecule has 2 aromatic rings. The molecule has 0 saturated carbocycles. The smallest absolute Gasteiger partial charge is 0.408 e. The lowest BCUT2D eigenvalue weighted by molar-refractivity contribution is -0.122. The molecule has 3 atom stereocenters. The molecule has 11 nitrogen and oxygen atoms in total. The Labute approximate surface area is 258 Å². The van der Waals surface area contributed by atoms with Gasteiger partial charge in [0.15, 0.2) is 21.3 Å². The zero-order valence-corrected chi connectivity index (χ0v) is 27.0. The maximum atomic E-state index is 13.1. The minimum atomic E-state index is -3.83. The average Bonchev–Trinajstić information content (AvgIpc) is 3.39. The molecule has 1 aliphatic heterocycles. The lowest BCUT2D eigenvalue weighted by atomic mass is 10.0. The molecule has 0 aliphatic carbocycles. The number of rotatable bonds is 15. The molecule has 1 aliphatic rings. The number of sulfone groups is 1. The van der Waals surface area contributed by atoms with E-state index in [1.807, 2.05) is 36.6 Å². The average molecular weight is 638 g/mol. The van der Waals surface area contributed by atoms with Gasteiger partial charge in [0.1, 0.15) is 11.6 Å². The van der Waals surface area contributed by atoms with Gasteiger partial charge in [0.2, 0.25) is 12.7 Å². The Morgan fingerprint density at radius 3 is 2.44 bits per heavy atom. The van der Waals surface area contributed by atoms with Crippen LogP contribution >= 0.6 is 11.8 Å². The number of amides is 2. The van der Waals surface area contributed by atoms with E-state index in [4.69, 9.17) is 14.2 Å². The molecule has 43 heavy (non-hydrogen) atoms. The summed E-state index contributed by atoms with van der Waals surface area (Å²) in [5, 5.41) is 19.9. The zero-order valence-electron chi connectivity index (χ0n) is 25.3. The van der Waals surface area contributed by atoms with Gasteiger partial charge in [-0.05, 0) is 64.5 Å². The molecule has 238 valence electrons. The number of benzene rings is 2. The maximum absolute atomic E-state index is 13.1. The Morgan fingerprint density at radius 1 is 1.07 bits per heavy atom. The first-order valence-corrected chi connectivity index (χ1v) is 17.1. The Hall–Kier alpha value is -3.00. The molecule has 0 aromatic heterocycles. The van der Waals surface area contributed by atoms with Crippen LogP contribution in [0.1, 0.15) is 52.1 Å². The van der Waals surface area contributed by atoms with Crippen molar-refractivity contribution >= 4 is 33.6 Å². The number of nitrogens with one attached hydrogen (secondary N) is 3. The number of ether oxygens (including phenoxy) is 3. The number of hydrogen-bond acceptors (Lipinski definition) is 10. The third kappa shape index (κ3) is 11.2. The monoisotopic (exact) mass is 637 g/mol. The normalized spacial score (nSPS) is 15.7. The molecule has 1 unspecified atom stereocenters. The summed E-state index contributed by atoms with van der Waals surface area (Å²) in [6.45, 7) is 7.15. The molecule has 1 heterocycles. The van der Waals surface area contributed by atoms with Crippen LogP contribution < -0.4 is 25.4 Å². The van der Waals surface area contributed by atoms with Gasteiger partial charge in [0.05, 0.1) is 16.2 Å². The highest BCUT2D eigenvalue weighted by molar-refractivity contribution is 7.98. The van der Waals surface area contributed by atoms with Crippen LogP contribution in [0.15, 0.2) is 53.4 Å². The Kier molecular flexibility index (Phi) is 12.1. The second-order valence-corrected chi connectivity index (χ2v) is 14.6. The number of carbonyl (C=O) groups is 2. The third-order valence-electron chi connectivity index (χ3n) is 6.44. The molecule has 13 heteroatoms. The van der Waals surface area contributed by atoms with Crippen LogP contribution in [0.3, 0.4) is 0 Å². The van der Waals surface area contributed by atoms with E-state index in [1.165, 1.54) is 30.8 Å². The fraction of sp³-hybridized carbons (Fsp3) is 0.533. The molecule has 2 amide bonds. The van der Waals surface area contributed by atoms with Gasteiger partial charge in [-0.2, -0.15) is 11.8 Å². The number of hydrogen-bond donors (Lipinski definition) is 4. The molecule has 0 radical (unpaired) electrons. The molecule has 4 N–H and O–H groups in total. The first-order valence-electron chi connectivity index (χ1n) is 14.1. The van der Waals surface area contributed by atoms with Gasteiger partial charge in [-0.3, -0.25) is 4.79 Å². The van der Waals surface area contributed by atoms with Gasteiger partial charge in [-0.25, -0.2) is 13.2 Å². The summed E-state index contributed by atoms with van der Waals surface area (Å²) in [7, 11) is -3.83. The standard InChI is InChI=1S/C30H43N3O8S2/c1-29(2,3)41-28(35)33-24(17-42-5)27(34)31-15-9-12-23(21-10-7-6-8-11-21)32-18-30(4,36)19-43(37,38)22-13-14-25-26(16-22)40-20-39-25/h6-8,10-11,13-14,16,23-24,32,36H,9,12,15,17-20H2,1-5H3,(H,31,34)(H,33,35)/t23?,24-,30-/m1/s1. The van der Waals surface area contributed by atoms with E-state index in [2.05, 4.69) is 16.0 Å². The predicted octanol–water partition coefficient (Wildman–Crippen LogP) is 3.42. The van der Waals surface area contributed by atoms with Gasteiger partial charge in [0.25, 0.3) is 0 Å². The van der Waals surface area contributed by atoms with Gasteiger partial charge in [0, 0.05) is 31.0 Å². The molecule has 0 saturated heterocycles. The van der Waals surface area contributed by atoms with Crippen LogP contribution in [-0.2, 0) is 19.4 Å². The molecule has 0 fully saturated rings. The lowest BCUT2D eigenvalue weighted by Crippen LogP contribution is -2.49. The van der Waals surface area contributed by atoms with E-state index in [1.54, 1.807) is 26.8 Å². The van der Waals surface area contributed by atoms with Crippen molar-refractivity contribution in [2.45, 2.75) is 68.7 Å². The summed E-state index contributed by atoms with van der Waals surface area (Å²) < 4.78 is 42.1. The van der Waals surface area contributed by atoms with E-state index in [0.717, 1.165) is 5.56 Å². The van der Waals surface area contributed by atoms with Gasteiger partial charge in [-0.1, -0.05) is 30.3 Å². The summed E-state index contributed by atoms with van der Waals surface area (Å²) in [5.74, 6) is 0.430. The first-order chi connectivity index (χ1) is 20.2. The molecule has 0 bridgehead atoms. The number of fused-ring (bicyclic) bond motifs is 1. The number of thioether (sulfide) groups is 1. The van der Waals surface area contributed by atoms with Crippen molar-refractivity contribution in [2.75, 3.05) is 37.6 Å². The van der Waals surface area contributed by atoms with Crippen LogP contribution in [0.2, 0.25) is 0 Å². The highest BCUT2D eigenvalue weighted by Gasteiger charge is 2.32. The van der Waals surface area contributed by atoms with Gasteiger partial charge in [-0.15, -0.1) is 0 Å². The van der Waals surface area contributed by atoms with Crippen molar-refractivity contribution in [1.82, 2.24) is 16.0 Å². The summed E-state index contributed by atoms with van der Waals surface area (Å²) in [4.78, 5) is 25.0. The zero-order chi connectivity index (χ0) is 31.7. The molecule has 2 aromatic carbocycles. The van der Waals surface area contributed by atoms with E-state index < -0.39 is 38.9 Å². The predicted molar refractivity (Wildman–Crippen MR) is 166 cm³/mol. The summed E-state index contributed by atoms with van der Waals surface area (Å²) in [5.41, 5.74) is -1.28.